The maximum atomic E-state index is 12.5. The number of H-pyrrole nitrogens is 1. The Morgan fingerprint density at radius 2 is 1.86 bits per heavy atom. The Morgan fingerprint density at radius 3 is 2.48 bits per heavy atom. The molecule has 1 saturated heterocycles. The van der Waals surface area contributed by atoms with Crippen molar-refractivity contribution in [3.63, 3.8) is 0 Å². The van der Waals surface area contributed by atoms with Gasteiger partial charge in [0, 0.05) is 19.0 Å². The lowest BCUT2D eigenvalue weighted by molar-refractivity contribution is -0.0508. The molecule has 1 N–H and O–H groups in total. The van der Waals surface area contributed by atoms with Crippen LogP contribution in [0.15, 0.2) is 33.9 Å². The predicted octanol–water partition coefficient (Wildman–Crippen LogP) is 2.12. The third-order valence-electron chi connectivity index (χ3n) is 5.02. The molecular weight excluding hydrogens is 372 g/mol. The van der Waals surface area contributed by atoms with Crippen LogP contribution in [0.4, 0.5) is 0 Å². The second-order valence-electron chi connectivity index (χ2n) is 7.01. The van der Waals surface area contributed by atoms with Gasteiger partial charge in [0.25, 0.3) is 5.56 Å². The summed E-state index contributed by atoms with van der Waals surface area (Å²) < 4.78 is 13.6. The van der Waals surface area contributed by atoms with E-state index in [9.17, 15) is 9.59 Å². The van der Waals surface area contributed by atoms with E-state index in [2.05, 4.69) is 9.97 Å². The molecule has 3 aromatic rings. The predicted molar refractivity (Wildman–Crippen MR) is 111 cm³/mol. The quantitative estimate of drug-likeness (QED) is 0.661. The van der Waals surface area contributed by atoms with E-state index in [0.717, 1.165) is 24.5 Å². The molecule has 1 fully saturated rings. The van der Waals surface area contributed by atoms with Crippen molar-refractivity contribution in [1.82, 2.24) is 19.1 Å². The van der Waals surface area contributed by atoms with E-state index in [1.807, 2.05) is 37.3 Å². The lowest BCUT2D eigenvalue weighted by atomic mass is 10.1. The van der Waals surface area contributed by atoms with Crippen LogP contribution in [0.1, 0.15) is 25.2 Å². The maximum absolute atomic E-state index is 12.5. The van der Waals surface area contributed by atoms with Gasteiger partial charge < -0.3 is 14.5 Å². The van der Waals surface area contributed by atoms with Gasteiger partial charge in [0.15, 0.2) is 5.65 Å². The van der Waals surface area contributed by atoms with E-state index in [0.29, 0.717) is 42.6 Å². The van der Waals surface area contributed by atoms with Gasteiger partial charge in [-0.2, -0.15) is 0 Å². The number of fused-ring (bicyclic) bond motifs is 1. The Kier molecular flexibility index (Phi) is 5.35. The Morgan fingerprint density at radius 1 is 1.14 bits per heavy atom. The lowest BCUT2D eigenvalue weighted by Gasteiger charge is -2.25. The van der Waals surface area contributed by atoms with E-state index in [1.54, 1.807) is 13.0 Å². The number of nitrogens with one attached hydrogen (secondary N) is 1. The fourth-order valence-electron chi connectivity index (χ4n) is 3.27. The van der Waals surface area contributed by atoms with Crippen LogP contribution in [0.25, 0.3) is 23.3 Å². The number of benzene rings is 1. The van der Waals surface area contributed by atoms with Crippen molar-refractivity contribution in [1.29, 1.82) is 0 Å². The summed E-state index contributed by atoms with van der Waals surface area (Å²) in [6.07, 6.45) is 3.69. The van der Waals surface area contributed by atoms with Gasteiger partial charge in [0.05, 0.1) is 19.8 Å². The van der Waals surface area contributed by atoms with Crippen LogP contribution in [0, 0.1) is 5.92 Å². The molecule has 0 bridgehead atoms. The van der Waals surface area contributed by atoms with Crippen LogP contribution in [0.5, 0.6) is 5.75 Å². The highest BCUT2D eigenvalue weighted by Crippen LogP contribution is 2.17. The summed E-state index contributed by atoms with van der Waals surface area (Å²) in [7, 11) is 0. The number of hydrogen-bond donors (Lipinski definition) is 1. The SMILES string of the molecule is CCn1c(=O)c2[nH]c(/C=C/c3ccc(OCC4COC4)cc3)nc2n(CC)c1=O. The molecule has 0 saturated carbocycles. The summed E-state index contributed by atoms with van der Waals surface area (Å²) in [5.41, 5.74) is 1.03. The van der Waals surface area contributed by atoms with Crippen molar-refractivity contribution in [3.8, 4) is 5.75 Å². The van der Waals surface area contributed by atoms with Gasteiger partial charge in [-0.3, -0.25) is 13.9 Å². The second-order valence-corrected chi connectivity index (χ2v) is 7.01. The molecule has 1 aliphatic rings. The largest absolute Gasteiger partial charge is 0.493 e. The zero-order valence-electron chi connectivity index (χ0n) is 16.6. The normalized spacial score (nSPS) is 14.6. The highest BCUT2D eigenvalue weighted by atomic mass is 16.5. The van der Waals surface area contributed by atoms with E-state index >= 15 is 0 Å². The summed E-state index contributed by atoms with van der Waals surface area (Å²) >= 11 is 0. The fourth-order valence-corrected chi connectivity index (χ4v) is 3.27. The van der Waals surface area contributed by atoms with Crippen molar-refractivity contribution in [2.75, 3.05) is 19.8 Å². The Balaban J connectivity index is 1.55. The van der Waals surface area contributed by atoms with E-state index in [4.69, 9.17) is 9.47 Å². The Bertz CT molecular complexity index is 1150. The maximum Gasteiger partial charge on any atom is 0.332 e. The molecule has 1 aromatic carbocycles. The summed E-state index contributed by atoms with van der Waals surface area (Å²) in [6, 6.07) is 7.76. The van der Waals surface area contributed by atoms with Gasteiger partial charge >= 0.3 is 5.69 Å². The number of aryl methyl sites for hydroxylation is 1. The molecule has 1 aliphatic heterocycles. The van der Waals surface area contributed by atoms with Gasteiger partial charge in [-0.05, 0) is 37.6 Å². The first-order chi connectivity index (χ1) is 14.1. The summed E-state index contributed by atoms with van der Waals surface area (Å²) in [4.78, 5) is 32.5. The molecule has 3 heterocycles. The van der Waals surface area contributed by atoms with Crippen molar-refractivity contribution < 1.29 is 9.47 Å². The molecule has 0 aliphatic carbocycles. The molecule has 0 spiro atoms. The Labute approximate surface area is 167 Å². The molecule has 152 valence electrons. The molecule has 2 aromatic heterocycles. The number of ether oxygens (including phenoxy) is 2. The number of hydrogen-bond acceptors (Lipinski definition) is 5. The number of aromatic nitrogens is 4. The minimum atomic E-state index is -0.345. The highest BCUT2D eigenvalue weighted by molar-refractivity contribution is 5.75. The van der Waals surface area contributed by atoms with Crippen molar-refractivity contribution >= 4 is 23.3 Å². The van der Waals surface area contributed by atoms with Crippen LogP contribution in [-0.4, -0.2) is 38.9 Å². The van der Waals surface area contributed by atoms with Crippen LogP contribution in [0.3, 0.4) is 0 Å². The zero-order valence-corrected chi connectivity index (χ0v) is 16.6. The minimum absolute atomic E-state index is 0.319. The van der Waals surface area contributed by atoms with Gasteiger partial charge in [-0.25, -0.2) is 9.78 Å². The molecular formula is C21H24N4O4. The van der Waals surface area contributed by atoms with E-state index in [1.165, 1.54) is 9.13 Å². The molecule has 29 heavy (non-hydrogen) atoms. The molecule has 0 radical (unpaired) electrons. The summed E-state index contributed by atoms with van der Waals surface area (Å²) in [6.45, 7) is 6.61. The number of nitrogens with zero attached hydrogens (tertiary/aromatic N) is 3. The van der Waals surface area contributed by atoms with Gasteiger partial charge in [0.1, 0.15) is 17.1 Å². The molecule has 4 rings (SSSR count). The van der Waals surface area contributed by atoms with Gasteiger partial charge in [-0.1, -0.05) is 18.2 Å². The zero-order chi connectivity index (χ0) is 20.4. The molecule has 0 unspecified atom stereocenters. The van der Waals surface area contributed by atoms with Crippen molar-refractivity contribution in [2.24, 2.45) is 5.92 Å². The standard InChI is InChI=1S/C21H24N4O4/c1-3-24-19-18(20(26)25(4-2)21(24)27)22-17(23-19)10-7-14-5-8-16(9-6-14)29-13-15-11-28-12-15/h5-10,15H,3-4,11-13H2,1-2H3,(H,22,23)/b10-7+. The Hall–Kier alpha value is -3.13. The van der Waals surface area contributed by atoms with E-state index in [-0.39, 0.29) is 11.2 Å². The summed E-state index contributed by atoms with van der Waals surface area (Å²) in [5, 5.41) is 0. The van der Waals surface area contributed by atoms with Gasteiger partial charge in [0.2, 0.25) is 0 Å². The van der Waals surface area contributed by atoms with Crippen LogP contribution < -0.4 is 16.0 Å². The first kappa shape index (κ1) is 19.2. The first-order valence-corrected chi connectivity index (χ1v) is 9.82. The lowest BCUT2D eigenvalue weighted by Crippen LogP contribution is -2.39. The average Bonchev–Trinajstić information content (AvgIpc) is 3.11. The molecule has 8 heteroatoms. The van der Waals surface area contributed by atoms with Crippen LogP contribution in [-0.2, 0) is 17.8 Å². The first-order valence-electron chi connectivity index (χ1n) is 9.82. The number of aromatic amines is 1. The number of rotatable bonds is 7. The van der Waals surface area contributed by atoms with E-state index < -0.39 is 0 Å². The van der Waals surface area contributed by atoms with Crippen LogP contribution >= 0.6 is 0 Å². The minimum Gasteiger partial charge on any atom is -0.493 e. The van der Waals surface area contributed by atoms with Crippen LogP contribution in [0.2, 0.25) is 0 Å². The monoisotopic (exact) mass is 396 g/mol. The topological polar surface area (TPSA) is 91.1 Å². The molecule has 0 atom stereocenters. The van der Waals surface area contributed by atoms with Crippen molar-refractivity contribution in [2.45, 2.75) is 26.9 Å². The second kappa shape index (κ2) is 8.08. The fraction of sp³-hybridized carbons (Fsp3) is 0.381. The smallest absolute Gasteiger partial charge is 0.332 e. The summed E-state index contributed by atoms with van der Waals surface area (Å²) in [5.74, 6) is 1.84. The molecule has 0 amide bonds. The number of imidazole rings is 1. The highest BCUT2D eigenvalue weighted by Gasteiger charge is 2.18. The van der Waals surface area contributed by atoms with Gasteiger partial charge in [-0.15, -0.1) is 0 Å². The third-order valence-corrected chi connectivity index (χ3v) is 5.02. The molecule has 8 nitrogen and oxygen atoms in total. The third kappa shape index (κ3) is 3.75. The van der Waals surface area contributed by atoms with Crippen molar-refractivity contribution in [3.05, 3.63) is 56.5 Å². The average molecular weight is 396 g/mol.